The minimum Gasteiger partial charge on any atom is -0.381 e. The van der Waals surface area contributed by atoms with Gasteiger partial charge in [0.05, 0.1) is 62.0 Å². The lowest BCUT2D eigenvalue weighted by Gasteiger charge is -2.27. The molecule has 58 heavy (non-hydrogen) atoms. The third kappa shape index (κ3) is 26.6. The molecule has 0 heterocycles. The Labute approximate surface area is 353 Å². The molecule has 0 fully saturated rings. The van der Waals surface area contributed by atoms with E-state index >= 15 is 0 Å². The zero-order valence-electron chi connectivity index (χ0n) is 38.1. The van der Waals surface area contributed by atoms with Crippen molar-refractivity contribution in [2.75, 3.05) is 56.9 Å². The summed E-state index contributed by atoms with van der Waals surface area (Å²) in [5.74, 6) is 0. The van der Waals surface area contributed by atoms with E-state index in [1.54, 1.807) is 56.9 Å². The van der Waals surface area contributed by atoms with Crippen molar-refractivity contribution in [2.45, 2.75) is 141 Å². The number of methoxy groups -OCH3 is 8. The molecular weight excluding hydrogens is 733 g/mol. The Balaban J connectivity index is 0. The van der Waals surface area contributed by atoms with Crippen LogP contribution in [0.2, 0.25) is 0 Å². The smallest absolute Gasteiger partial charge is 0.159 e. The molecule has 0 aliphatic heterocycles. The van der Waals surface area contributed by atoms with Gasteiger partial charge in [-0.15, -0.1) is 13.2 Å². The molecular formula is C48H78N2O8. The van der Waals surface area contributed by atoms with Crippen LogP contribution >= 0.6 is 0 Å². The van der Waals surface area contributed by atoms with Crippen molar-refractivity contribution in [1.82, 2.24) is 0 Å². The number of hydrogen-bond acceptors (Lipinski definition) is 8. The molecule has 0 aliphatic carbocycles. The molecule has 0 aromatic carbocycles. The van der Waals surface area contributed by atoms with Gasteiger partial charge in [0.15, 0.2) is 11.4 Å². The van der Waals surface area contributed by atoms with E-state index in [0.717, 1.165) is 73.7 Å². The number of nitrogens with zero attached hydrogens (tertiary/aromatic N) is 2. The third-order valence-corrected chi connectivity index (χ3v) is 9.97. The Morgan fingerprint density at radius 2 is 0.741 bits per heavy atom. The molecule has 8 atom stereocenters. The molecule has 0 amide bonds. The van der Waals surface area contributed by atoms with Crippen LogP contribution in [-0.2, 0) is 37.9 Å². The Hall–Kier alpha value is -3.42. The highest BCUT2D eigenvalue weighted by Crippen LogP contribution is 2.24. The van der Waals surface area contributed by atoms with Crippen molar-refractivity contribution in [3.63, 3.8) is 0 Å². The van der Waals surface area contributed by atoms with Crippen LogP contribution in [0.25, 0.3) is 9.69 Å². The van der Waals surface area contributed by atoms with Crippen LogP contribution < -0.4 is 0 Å². The van der Waals surface area contributed by atoms with Gasteiger partial charge in [-0.3, -0.25) is 0 Å². The van der Waals surface area contributed by atoms with E-state index in [-0.39, 0.29) is 48.8 Å². The van der Waals surface area contributed by atoms with Crippen molar-refractivity contribution in [2.24, 2.45) is 0 Å². The first-order valence-corrected chi connectivity index (χ1v) is 19.9. The number of hydrogen-bond donors (Lipinski definition) is 0. The first-order chi connectivity index (χ1) is 27.7. The van der Waals surface area contributed by atoms with Crippen molar-refractivity contribution in [3.05, 3.63) is 119 Å². The molecule has 0 N–H and O–H groups in total. The Bertz CT molecular complexity index is 1280. The molecule has 10 heteroatoms. The molecule has 0 saturated carbocycles. The Morgan fingerprint density at radius 1 is 0.466 bits per heavy atom. The molecule has 0 saturated heterocycles. The van der Waals surface area contributed by atoms with Crippen LogP contribution in [0.15, 0.2) is 96.5 Å². The fourth-order valence-corrected chi connectivity index (χ4v) is 6.20. The zero-order valence-corrected chi connectivity index (χ0v) is 38.1. The van der Waals surface area contributed by atoms with Gasteiger partial charge in [-0.05, 0) is 77.4 Å². The Kier molecular flexibility index (Phi) is 34.7. The van der Waals surface area contributed by atoms with Gasteiger partial charge in [-0.25, -0.2) is 9.69 Å². The van der Waals surface area contributed by atoms with E-state index in [4.69, 9.17) is 51.0 Å². The lowest BCUT2D eigenvalue weighted by atomic mass is 9.96. The lowest BCUT2D eigenvalue weighted by Crippen LogP contribution is -2.30. The normalized spacial score (nSPS) is 16.6. The van der Waals surface area contributed by atoms with Crippen LogP contribution in [-0.4, -0.2) is 106 Å². The summed E-state index contributed by atoms with van der Waals surface area (Å²) in [5.41, 5.74) is 5.46. The van der Waals surface area contributed by atoms with Crippen molar-refractivity contribution < 1.29 is 37.9 Å². The summed E-state index contributed by atoms with van der Waals surface area (Å²) in [6, 6.07) is 0. The van der Waals surface area contributed by atoms with Crippen LogP contribution in [0, 0.1) is 13.1 Å². The minimum absolute atomic E-state index is 0.0228. The van der Waals surface area contributed by atoms with E-state index in [2.05, 4.69) is 36.0 Å². The number of rotatable bonds is 32. The van der Waals surface area contributed by atoms with E-state index in [1.165, 1.54) is 0 Å². The standard InChI is InChI=1S/2C24H39NO4/c2*1-10-11-21(26-6)15-22(27-7)16-23(28-8)17-24(29-9)19(3)14-18(2)12-13-20(4)25-5/h2*10,13-14,21-24H,1,3,11-12,15-17H2,2,4,6-9H3/b2*18-14-,20-13+/t2*21-,22-,23-,24-/m00/s1. The first-order valence-electron chi connectivity index (χ1n) is 19.9. The van der Waals surface area contributed by atoms with E-state index in [9.17, 15) is 0 Å². The summed E-state index contributed by atoms with van der Waals surface area (Å²) >= 11 is 0. The van der Waals surface area contributed by atoms with Crippen molar-refractivity contribution >= 4 is 0 Å². The molecule has 0 aliphatic rings. The minimum atomic E-state index is -0.148. The van der Waals surface area contributed by atoms with Gasteiger partial charge in [-0.1, -0.05) is 60.8 Å². The van der Waals surface area contributed by atoms with Gasteiger partial charge < -0.3 is 37.9 Å². The SMILES string of the molecule is [C-]#[N+]/C(C)=C/C/C(C)=C\C(=C)[C@H](C[C@H](C[C@H](C[C@H](CC=C)OC)OC)OC)OC.[C-]#[N+]/C(C)=C/C/C(C)=C\C(=C)[C@H](C[C@H](C[C@H](C[C@H](CC=C)OC)OC)OC)OC. The maximum atomic E-state index is 7.00. The fourth-order valence-electron chi connectivity index (χ4n) is 6.20. The Morgan fingerprint density at radius 3 is 0.983 bits per heavy atom. The fraction of sp³-hybridized carbons (Fsp3) is 0.625. The van der Waals surface area contributed by atoms with Crippen molar-refractivity contribution in [1.29, 1.82) is 0 Å². The summed E-state index contributed by atoms with van der Waals surface area (Å²) < 4.78 is 45.1. The average Bonchev–Trinajstić information content (AvgIpc) is 3.23. The van der Waals surface area contributed by atoms with Gasteiger partial charge >= 0.3 is 0 Å². The van der Waals surface area contributed by atoms with Crippen LogP contribution in [0.1, 0.15) is 91.9 Å². The maximum absolute atomic E-state index is 7.00. The monoisotopic (exact) mass is 811 g/mol. The van der Waals surface area contributed by atoms with Gasteiger partial charge in [-0.2, -0.15) is 0 Å². The quantitative estimate of drug-likeness (QED) is 0.0377. The highest BCUT2D eigenvalue weighted by atomic mass is 16.5. The zero-order chi connectivity index (χ0) is 44.5. The van der Waals surface area contributed by atoms with Gasteiger partial charge in [0, 0.05) is 82.6 Å². The second-order valence-electron chi connectivity index (χ2n) is 14.5. The molecule has 0 aromatic heterocycles. The van der Waals surface area contributed by atoms with E-state index in [0.29, 0.717) is 24.2 Å². The highest BCUT2D eigenvalue weighted by molar-refractivity contribution is 5.27. The number of ether oxygens (including phenoxy) is 8. The number of allylic oxidation sites excluding steroid dienone is 6. The van der Waals surface area contributed by atoms with Gasteiger partial charge in [0.1, 0.15) is 0 Å². The van der Waals surface area contributed by atoms with Crippen LogP contribution in [0.3, 0.4) is 0 Å². The third-order valence-electron chi connectivity index (χ3n) is 9.97. The summed E-state index contributed by atoms with van der Waals surface area (Å²) in [4.78, 5) is 6.82. The molecule has 0 bridgehead atoms. The van der Waals surface area contributed by atoms with Crippen LogP contribution in [0.5, 0.6) is 0 Å². The topological polar surface area (TPSA) is 82.6 Å². The predicted octanol–water partition coefficient (Wildman–Crippen LogP) is 11.0. The maximum Gasteiger partial charge on any atom is 0.159 e. The molecule has 0 spiro atoms. The summed E-state index contributed by atoms with van der Waals surface area (Å²) in [6.45, 7) is 37.6. The summed E-state index contributed by atoms with van der Waals surface area (Å²) in [5, 5.41) is 0. The second kappa shape index (κ2) is 35.5. The first kappa shape index (κ1) is 56.7. The summed E-state index contributed by atoms with van der Waals surface area (Å²) in [6.07, 6.45) is 19.0. The van der Waals surface area contributed by atoms with E-state index in [1.807, 2.05) is 64.2 Å². The van der Waals surface area contributed by atoms with Gasteiger partial charge in [0.2, 0.25) is 0 Å². The highest BCUT2D eigenvalue weighted by Gasteiger charge is 2.25. The molecule has 0 radical (unpaired) electrons. The lowest BCUT2D eigenvalue weighted by molar-refractivity contribution is -0.0263. The van der Waals surface area contributed by atoms with Gasteiger partial charge in [0.25, 0.3) is 0 Å². The van der Waals surface area contributed by atoms with Crippen LogP contribution in [0.4, 0.5) is 0 Å². The molecule has 328 valence electrons. The largest absolute Gasteiger partial charge is 0.381 e. The summed E-state index contributed by atoms with van der Waals surface area (Å²) in [7, 11) is 13.7. The molecule has 10 nitrogen and oxygen atoms in total. The molecule has 0 aromatic rings. The van der Waals surface area contributed by atoms with Crippen molar-refractivity contribution in [3.8, 4) is 0 Å². The average molecular weight is 811 g/mol. The molecule has 0 unspecified atom stereocenters. The second-order valence-corrected chi connectivity index (χ2v) is 14.5. The predicted molar refractivity (Wildman–Crippen MR) is 239 cm³/mol. The molecule has 0 rings (SSSR count). The van der Waals surface area contributed by atoms with E-state index < -0.39 is 0 Å².